The lowest BCUT2D eigenvalue weighted by Crippen LogP contribution is -2.33. The monoisotopic (exact) mass is 244 g/mol. The second-order valence-corrected chi connectivity index (χ2v) is 5.29. The topological polar surface area (TPSA) is 37.3 Å². The van der Waals surface area contributed by atoms with Crippen molar-refractivity contribution in [1.82, 2.24) is 0 Å². The molecule has 1 aliphatic carbocycles. The number of carbonyl (C=O) groups is 1. The van der Waals surface area contributed by atoms with Crippen molar-refractivity contribution in [2.75, 3.05) is 0 Å². The number of hydrogen-bond donors (Lipinski definition) is 1. The second kappa shape index (κ2) is 5.38. The third-order valence-corrected chi connectivity index (χ3v) is 3.85. The van der Waals surface area contributed by atoms with Gasteiger partial charge in [-0.1, -0.05) is 42.0 Å². The van der Waals surface area contributed by atoms with Gasteiger partial charge in [0.05, 0.1) is 5.41 Å². The number of benzene rings is 1. The number of carboxylic acids is 1. The molecule has 1 aliphatic rings. The van der Waals surface area contributed by atoms with Crippen LogP contribution >= 0.6 is 0 Å². The minimum absolute atomic E-state index is 0.631. The first-order valence-electron chi connectivity index (χ1n) is 6.60. The van der Waals surface area contributed by atoms with Gasteiger partial charge in [0, 0.05) is 0 Å². The Morgan fingerprint density at radius 2 is 2.00 bits per heavy atom. The molecule has 0 radical (unpaired) electrons. The van der Waals surface area contributed by atoms with Crippen LogP contribution in [-0.2, 0) is 10.2 Å². The smallest absolute Gasteiger partial charge is 0.314 e. The van der Waals surface area contributed by atoms with Gasteiger partial charge in [-0.2, -0.15) is 0 Å². The Kier molecular flexibility index (Phi) is 3.85. The summed E-state index contributed by atoms with van der Waals surface area (Å²) < 4.78 is 0. The molecule has 0 spiro atoms. The predicted octanol–water partition coefficient (Wildman–Crippen LogP) is 3.92. The zero-order chi connectivity index (χ0) is 13.0. The predicted molar refractivity (Wildman–Crippen MR) is 72.6 cm³/mol. The first kappa shape index (κ1) is 12.9. The molecule has 0 bridgehead atoms. The highest BCUT2D eigenvalue weighted by Gasteiger charge is 2.35. The first-order chi connectivity index (χ1) is 8.63. The van der Waals surface area contributed by atoms with Gasteiger partial charge < -0.3 is 5.11 Å². The largest absolute Gasteiger partial charge is 0.481 e. The third-order valence-electron chi connectivity index (χ3n) is 3.85. The van der Waals surface area contributed by atoms with Crippen LogP contribution in [0.2, 0.25) is 0 Å². The highest BCUT2D eigenvalue weighted by Crippen LogP contribution is 2.34. The SMILES string of the molecule is CC(CC1=CCCCC1)(C(=O)O)c1ccccc1. The maximum atomic E-state index is 11.7. The number of rotatable bonds is 4. The standard InChI is InChI=1S/C16H20O2/c1-16(15(17)18,14-10-6-3-7-11-14)12-13-8-4-2-5-9-13/h3,6-8,10-11H,2,4-5,9,12H2,1H3,(H,17,18). The number of allylic oxidation sites excluding steroid dienone is 2. The Bertz CT molecular complexity index is 447. The minimum Gasteiger partial charge on any atom is -0.481 e. The van der Waals surface area contributed by atoms with E-state index in [1.165, 1.54) is 18.4 Å². The Balaban J connectivity index is 2.27. The second-order valence-electron chi connectivity index (χ2n) is 5.29. The summed E-state index contributed by atoms with van der Waals surface area (Å²) in [5, 5.41) is 9.59. The van der Waals surface area contributed by atoms with Crippen LogP contribution in [0, 0.1) is 0 Å². The van der Waals surface area contributed by atoms with E-state index in [0.29, 0.717) is 6.42 Å². The Hall–Kier alpha value is -1.57. The van der Waals surface area contributed by atoms with Crippen molar-refractivity contribution in [3.8, 4) is 0 Å². The van der Waals surface area contributed by atoms with Crippen molar-refractivity contribution < 1.29 is 9.90 Å². The van der Waals surface area contributed by atoms with E-state index in [0.717, 1.165) is 18.4 Å². The van der Waals surface area contributed by atoms with Crippen LogP contribution in [0.25, 0.3) is 0 Å². The van der Waals surface area contributed by atoms with E-state index in [9.17, 15) is 9.90 Å². The normalized spacial score (nSPS) is 18.8. The maximum Gasteiger partial charge on any atom is 0.314 e. The molecule has 0 fully saturated rings. The van der Waals surface area contributed by atoms with E-state index in [1.54, 1.807) is 0 Å². The summed E-state index contributed by atoms with van der Waals surface area (Å²) in [5.41, 5.74) is 1.39. The molecule has 1 aromatic carbocycles. The Labute approximate surface area is 108 Å². The molecule has 0 saturated heterocycles. The van der Waals surface area contributed by atoms with Gasteiger partial charge in [0.1, 0.15) is 0 Å². The van der Waals surface area contributed by atoms with E-state index < -0.39 is 11.4 Å². The fourth-order valence-corrected chi connectivity index (χ4v) is 2.63. The molecule has 0 amide bonds. The van der Waals surface area contributed by atoms with Crippen LogP contribution in [-0.4, -0.2) is 11.1 Å². The molecular formula is C16H20O2. The fourth-order valence-electron chi connectivity index (χ4n) is 2.63. The van der Waals surface area contributed by atoms with Gasteiger partial charge >= 0.3 is 5.97 Å². The lowest BCUT2D eigenvalue weighted by atomic mass is 9.75. The molecule has 18 heavy (non-hydrogen) atoms. The van der Waals surface area contributed by atoms with Gasteiger partial charge in [-0.25, -0.2) is 0 Å². The number of hydrogen-bond acceptors (Lipinski definition) is 1. The molecule has 0 aromatic heterocycles. The van der Waals surface area contributed by atoms with Crippen LogP contribution in [0.3, 0.4) is 0 Å². The van der Waals surface area contributed by atoms with Crippen molar-refractivity contribution in [1.29, 1.82) is 0 Å². The van der Waals surface area contributed by atoms with Gasteiger partial charge in [-0.05, 0) is 44.6 Å². The molecule has 0 aliphatic heterocycles. The summed E-state index contributed by atoms with van der Waals surface area (Å²) >= 11 is 0. The highest BCUT2D eigenvalue weighted by molar-refractivity contribution is 5.81. The van der Waals surface area contributed by atoms with Crippen LogP contribution in [0.4, 0.5) is 0 Å². The average molecular weight is 244 g/mol. The quantitative estimate of drug-likeness (QED) is 0.815. The van der Waals surface area contributed by atoms with Gasteiger partial charge in [0.15, 0.2) is 0 Å². The summed E-state index contributed by atoms with van der Waals surface area (Å²) in [6.07, 6.45) is 7.43. The Morgan fingerprint density at radius 1 is 1.28 bits per heavy atom. The zero-order valence-electron chi connectivity index (χ0n) is 10.9. The average Bonchev–Trinajstić information content (AvgIpc) is 2.40. The molecule has 1 unspecified atom stereocenters. The molecule has 1 aromatic rings. The minimum atomic E-state index is -0.801. The molecule has 2 nitrogen and oxygen atoms in total. The van der Waals surface area contributed by atoms with Crippen LogP contribution in [0.1, 0.15) is 44.6 Å². The van der Waals surface area contributed by atoms with Crippen molar-refractivity contribution in [3.05, 3.63) is 47.5 Å². The van der Waals surface area contributed by atoms with Crippen LogP contribution < -0.4 is 0 Å². The van der Waals surface area contributed by atoms with Crippen molar-refractivity contribution in [2.24, 2.45) is 0 Å². The summed E-state index contributed by atoms with van der Waals surface area (Å²) in [4.78, 5) is 11.7. The van der Waals surface area contributed by atoms with E-state index in [2.05, 4.69) is 6.08 Å². The Morgan fingerprint density at radius 3 is 2.56 bits per heavy atom. The van der Waals surface area contributed by atoms with E-state index in [4.69, 9.17) is 0 Å². The van der Waals surface area contributed by atoms with Crippen LogP contribution in [0.5, 0.6) is 0 Å². The molecule has 0 saturated carbocycles. The molecule has 96 valence electrons. The van der Waals surface area contributed by atoms with Crippen LogP contribution in [0.15, 0.2) is 42.0 Å². The van der Waals surface area contributed by atoms with Crippen molar-refractivity contribution in [3.63, 3.8) is 0 Å². The number of carboxylic acid groups (broad SMARTS) is 1. The van der Waals surface area contributed by atoms with Gasteiger partial charge in [0.25, 0.3) is 0 Å². The number of aliphatic carboxylic acids is 1. The van der Waals surface area contributed by atoms with Gasteiger partial charge in [0.2, 0.25) is 0 Å². The first-order valence-corrected chi connectivity index (χ1v) is 6.60. The fraction of sp³-hybridized carbons (Fsp3) is 0.438. The molecule has 2 rings (SSSR count). The molecule has 0 heterocycles. The third kappa shape index (κ3) is 2.63. The lowest BCUT2D eigenvalue weighted by molar-refractivity contribution is -0.143. The lowest BCUT2D eigenvalue weighted by Gasteiger charge is -2.28. The van der Waals surface area contributed by atoms with Gasteiger partial charge in [-0.3, -0.25) is 4.79 Å². The summed E-state index contributed by atoms with van der Waals surface area (Å²) in [5.74, 6) is -0.736. The maximum absolute atomic E-state index is 11.7. The summed E-state index contributed by atoms with van der Waals surface area (Å²) in [6.45, 7) is 1.83. The van der Waals surface area contributed by atoms with Crippen molar-refractivity contribution in [2.45, 2.75) is 44.4 Å². The summed E-state index contributed by atoms with van der Waals surface area (Å²) in [6, 6.07) is 9.57. The molecule has 1 atom stereocenters. The molecule has 1 N–H and O–H groups in total. The molecule has 2 heteroatoms. The highest BCUT2D eigenvalue weighted by atomic mass is 16.4. The van der Waals surface area contributed by atoms with E-state index in [-0.39, 0.29) is 0 Å². The summed E-state index contributed by atoms with van der Waals surface area (Å²) in [7, 11) is 0. The zero-order valence-corrected chi connectivity index (χ0v) is 10.9. The van der Waals surface area contributed by atoms with Gasteiger partial charge in [-0.15, -0.1) is 0 Å². The van der Waals surface area contributed by atoms with E-state index in [1.807, 2.05) is 37.3 Å². The van der Waals surface area contributed by atoms with E-state index >= 15 is 0 Å². The molecular weight excluding hydrogens is 224 g/mol. The van der Waals surface area contributed by atoms with Crippen molar-refractivity contribution >= 4 is 5.97 Å².